The lowest BCUT2D eigenvalue weighted by Crippen LogP contribution is -2.45. The summed E-state index contributed by atoms with van der Waals surface area (Å²) in [6.07, 6.45) is 2.10. The van der Waals surface area contributed by atoms with Gasteiger partial charge in [-0.15, -0.1) is 11.3 Å². The van der Waals surface area contributed by atoms with Crippen LogP contribution in [0.3, 0.4) is 0 Å². The molecule has 1 atom stereocenters. The number of anilines is 1. The SMILES string of the molecule is O=C(Nc1nccs1)C(Cc1ccccc1)N1Cc2ccccc2C1=O. The van der Waals surface area contributed by atoms with Crippen LogP contribution in [0.4, 0.5) is 5.13 Å². The van der Waals surface area contributed by atoms with Crippen molar-refractivity contribution in [3.63, 3.8) is 0 Å². The molecule has 0 bridgehead atoms. The predicted octanol–water partition coefficient (Wildman–Crippen LogP) is 3.35. The standard InChI is InChI=1S/C20H17N3O2S/c24-18(22-20-21-10-11-26-20)17(12-14-6-2-1-3-7-14)23-13-15-8-4-5-9-16(15)19(23)25/h1-11,17H,12-13H2,(H,21,22,24). The van der Waals surface area contributed by atoms with Gasteiger partial charge in [0.05, 0.1) is 0 Å². The summed E-state index contributed by atoms with van der Waals surface area (Å²) in [6.45, 7) is 0.442. The summed E-state index contributed by atoms with van der Waals surface area (Å²) in [6, 6.07) is 16.7. The topological polar surface area (TPSA) is 62.3 Å². The normalized spacial score (nSPS) is 14.2. The van der Waals surface area contributed by atoms with Crippen molar-refractivity contribution in [3.8, 4) is 0 Å². The van der Waals surface area contributed by atoms with Gasteiger partial charge in [-0.3, -0.25) is 9.59 Å². The molecule has 0 saturated carbocycles. The van der Waals surface area contributed by atoms with Crippen LogP contribution in [0.15, 0.2) is 66.2 Å². The Bertz CT molecular complexity index is 925. The lowest BCUT2D eigenvalue weighted by atomic mass is 10.0. The molecule has 0 aliphatic carbocycles. The molecule has 1 unspecified atom stereocenters. The van der Waals surface area contributed by atoms with E-state index >= 15 is 0 Å². The lowest BCUT2D eigenvalue weighted by molar-refractivity contribution is -0.120. The minimum absolute atomic E-state index is 0.101. The minimum atomic E-state index is -0.596. The Kier molecular flexibility index (Phi) is 4.50. The summed E-state index contributed by atoms with van der Waals surface area (Å²) in [5, 5.41) is 5.18. The van der Waals surface area contributed by atoms with Gasteiger partial charge >= 0.3 is 0 Å². The molecule has 1 aliphatic heterocycles. The third kappa shape index (κ3) is 3.23. The minimum Gasteiger partial charge on any atom is -0.322 e. The monoisotopic (exact) mass is 363 g/mol. The van der Waals surface area contributed by atoms with Crippen LogP contribution in [0.1, 0.15) is 21.5 Å². The highest BCUT2D eigenvalue weighted by atomic mass is 32.1. The van der Waals surface area contributed by atoms with E-state index in [2.05, 4.69) is 10.3 Å². The van der Waals surface area contributed by atoms with E-state index in [9.17, 15) is 9.59 Å². The summed E-state index contributed by atoms with van der Waals surface area (Å²) in [4.78, 5) is 31.6. The first-order valence-corrected chi connectivity index (χ1v) is 9.23. The fraction of sp³-hybridized carbons (Fsp3) is 0.150. The van der Waals surface area contributed by atoms with Crippen molar-refractivity contribution in [1.29, 1.82) is 0 Å². The van der Waals surface area contributed by atoms with E-state index in [1.807, 2.05) is 54.6 Å². The summed E-state index contributed by atoms with van der Waals surface area (Å²) in [7, 11) is 0. The third-order valence-corrected chi connectivity index (χ3v) is 5.15. The van der Waals surface area contributed by atoms with E-state index in [0.29, 0.717) is 23.7 Å². The largest absolute Gasteiger partial charge is 0.322 e. The third-order valence-electron chi connectivity index (χ3n) is 4.46. The molecule has 0 spiro atoms. The van der Waals surface area contributed by atoms with Gasteiger partial charge in [0.25, 0.3) is 5.91 Å². The predicted molar refractivity (Wildman–Crippen MR) is 101 cm³/mol. The van der Waals surface area contributed by atoms with Gasteiger partial charge in [0.15, 0.2) is 5.13 Å². The van der Waals surface area contributed by atoms with Crippen LogP contribution < -0.4 is 5.32 Å². The number of hydrogen-bond donors (Lipinski definition) is 1. The maximum Gasteiger partial charge on any atom is 0.255 e. The van der Waals surface area contributed by atoms with Gasteiger partial charge in [0.2, 0.25) is 5.91 Å². The summed E-state index contributed by atoms with van der Waals surface area (Å²) < 4.78 is 0. The number of nitrogens with zero attached hydrogens (tertiary/aromatic N) is 2. The average molecular weight is 363 g/mol. The van der Waals surface area contributed by atoms with Crippen molar-refractivity contribution in [2.45, 2.75) is 19.0 Å². The Hall–Kier alpha value is -2.99. The van der Waals surface area contributed by atoms with Crippen LogP contribution in [0.5, 0.6) is 0 Å². The van der Waals surface area contributed by atoms with E-state index in [1.165, 1.54) is 11.3 Å². The van der Waals surface area contributed by atoms with Crippen LogP contribution in [0.25, 0.3) is 0 Å². The van der Waals surface area contributed by atoms with Gasteiger partial charge < -0.3 is 10.2 Å². The molecule has 1 N–H and O–H groups in total. The van der Waals surface area contributed by atoms with Crippen molar-refractivity contribution in [2.75, 3.05) is 5.32 Å². The molecule has 2 aromatic carbocycles. The number of carbonyl (C=O) groups is 2. The number of aromatic nitrogens is 1. The van der Waals surface area contributed by atoms with E-state index < -0.39 is 6.04 Å². The molecule has 1 aliphatic rings. The molecule has 0 fully saturated rings. The van der Waals surface area contributed by atoms with E-state index in [-0.39, 0.29) is 11.8 Å². The second-order valence-corrected chi connectivity index (χ2v) is 7.02. The van der Waals surface area contributed by atoms with Crippen LogP contribution in [-0.2, 0) is 17.8 Å². The smallest absolute Gasteiger partial charge is 0.255 e. The van der Waals surface area contributed by atoms with Gasteiger partial charge in [-0.25, -0.2) is 4.98 Å². The highest BCUT2D eigenvalue weighted by molar-refractivity contribution is 7.13. The van der Waals surface area contributed by atoms with Crippen molar-refractivity contribution < 1.29 is 9.59 Å². The maximum absolute atomic E-state index is 13.0. The fourth-order valence-electron chi connectivity index (χ4n) is 3.18. The van der Waals surface area contributed by atoms with Crippen LogP contribution in [0, 0.1) is 0 Å². The number of nitrogens with one attached hydrogen (secondary N) is 1. The second kappa shape index (κ2) is 7.09. The molecule has 6 heteroatoms. The Morgan fingerprint density at radius 3 is 2.65 bits per heavy atom. The Morgan fingerprint density at radius 1 is 1.15 bits per heavy atom. The average Bonchev–Trinajstić information content (AvgIpc) is 3.29. The molecule has 2 heterocycles. The zero-order chi connectivity index (χ0) is 17.9. The molecule has 26 heavy (non-hydrogen) atoms. The van der Waals surface area contributed by atoms with Gasteiger partial charge in [-0.1, -0.05) is 48.5 Å². The highest BCUT2D eigenvalue weighted by Crippen LogP contribution is 2.26. The van der Waals surface area contributed by atoms with Crippen molar-refractivity contribution in [2.24, 2.45) is 0 Å². The number of carbonyl (C=O) groups excluding carboxylic acids is 2. The first kappa shape index (κ1) is 16.5. The molecule has 1 aromatic heterocycles. The van der Waals surface area contributed by atoms with Gasteiger partial charge in [0, 0.05) is 30.1 Å². The molecular weight excluding hydrogens is 346 g/mol. The number of thiazole rings is 1. The Labute approximate surface area is 155 Å². The molecule has 2 amide bonds. The first-order valence-electron chi connectivity index (χ1n) is 8.35. The quantitative estimate of drug-likeness (QED) is 0.756. The van der Waals surface area contributed by atoms with Gasteiger partial charge in [0.1, 0.15) is 6.04 Å². The van der Waals surface area contributed by atoms with E-state index in [1.54, 1.807) is 16.5 Å². The molecule has 0 radical (unpaired) electrons. The number of fused-ring (bicyclic) bond motifs is 1. The fourth-order valence-corrected chi connectivity index (χ4v) is 3.72. The van der Waals surface area contributed by atoms with E-state index in [4.69, 9.17) is 0 Å². The lowest BCUT2D eigenvalue weighted by Gasteiger charge is -2.26. The second-order valence-electron chi connectivity index (χ2n) is 6.12. The van der Waals surface area contributed by atoms with Crippen LogP contribution in [0.2, 0.25) is 0 Å². The van der Waals surface area contributed by atoms with Crippen molar-refractivity contribution in [1.82, 2.24) is 9.88 Å². The Balaban J connectivity index is 1.62. The zero-order valence-electron chi connectivity index (χ0n) is 14.0. The number of amides is 2. The zero-order valence-corrected chi connectivity index (χ0v) is 14.8. The van der Waals surface area contributed by atoms with Crippen molar-refractivity contribution >= 4 is 28.3 Å². The highest BCUT2D eigenvalue weighted by Gasteiger charge is 2.36. The molecule has 0 saturated heterocycles. The van der Waals surface area contributed by atoms with Crippen LogP contribution >= 0.6 is 11.3 Å². The van der Waals surface area contributed by atoms with E-state index in [0.717, 1.165) is 11.1 Å². The van der Waals surface area contributed by atoms with Gasteiger partial charge in [-0.2, -0.15) is 0 Å². The van der Waals surface area contributed by atoms with Gasteiger partial charge in [-0.05, 0) is 17.2 Å². The maximum atomic E-state index is 13.0. The van der Waals surface area contributed by atoms with Crippen LogP contribution in [-0.4, -0.2) is 27.7 Å². The molecule has 130 valence electrons. The molecule has 5 nitrogen and oxygen atoms in total. The summed E-state index contributed by atoms with van der Waals surface area (Å²) in [5.74, 6) is -0.319. The number of rotatable bonds is 5. The molecular formula is C20H17N3O2S. The van der Waals surface area contributed by atoms with Crippen molar-refractivity contribution in [3.05, 3.63) is 82.9 Å². The molecule has 4 rings (SSSR count). The first-order chi connectivity index (χ1) is 12.7. The summed E-state index contributed by atoms with van der Waals surface area (Å²) in [5.41, 5.74) is 2.64. The number of benzene rings is 2. The number of hydrogen-bond acceptors (Lipinski definition) is 4. The Morgan fingerprint density at radius 2 is 1.92 bits per heavy atom. The molecule has 3 aromatic rings. The summed E-state index contributed by atoms with van der Waals surface area (Å²) >= 11 is 1.36.